The van der Waals surface area contributed by atoms with E-state index >= 15 is 0 Å². The van der Waals surface area contributed by atoms with Crippen LogP contribution in [-0.4, -0.2) is 32.2 Å². The number of rotatable bonds is 7. The van der Waals surface area contributed by atoms with Crippen molar-refractivity contribution in [3.05, 3.63) is 95.1 Å². The standard InChI is InChI=1S/C27H25NO5/c1-19(33-18-22-9-6-12-25(17-22)31-2)26(29)28-24-11-5-8-21(16-24)14-13-20-7-4-10-23(15-20)27(30)32-3/h4-12,15-17,19H,18H2,1-3H3,(H,28,29). The summed E-state index contributed by atoms with van der Waals surface area (Å²) in [4.78, 5) is 24.2. The normalized spacial score (nSPS) is 11.0. The van der Waals surface area contributed by atoms with Crippen molar-refractivity contribution in [2.24, 2.45) is 0 Å². The second-order valence-corrected chi connectivity index (χ2v) is 7.20. The number of ether oxygens (including phenoxy) is 3. The van der Waals surface area contributed by atoms with Crippen molar-refractivity contribution in [1.29, 1.82) is 0 Å². The molecule has 168 valence electrons. The number of amides is 1. The van der Waals surface area contributed by atoms with Crippen molar-refractivity contribution < 1.29 is 23.8 Å². The molecular formula is C27H25NO5. The van der Waals surface area contributed by atoms with Gasteiger partial charge < -0.3 is 19.5 Å². The quantitative estimate of drug-likeness (QED) is 0.432. The third-order valence-electron chi connectivity index (χ3n) is 4.77. The zero-order valence-corrected chi connectivity index (χ0v) is 18.8. The number of hydrogen-bond acceptors (Lipinski definition) is 5. The largest absolute Gasteiger partial charge is 0.497 e. The van der Waals surface area contributed by atoms with Crippen molar-refractivity contribution >= 4 is 17.6 Å². The summed E-state index contributed by atoms with van der Waals surface area (Å²) in [6.07, 6.45) is -0.646. The fraction of sp³-hybridized carbons (Fsp3) is 0.185. The summed E-state index contributed by atoms with van der Waals surface area (Å²) in [5.74, 6) is 6.15. The van der Waals surface area contributed by atoms with Gasteiger partial charge in [-0.15, -0.1) is 0 Å². The van der Waals surface area contributed by atoms with Crippen LogP contribution in [0.15, 0.2) is 72.8 Å². The van der Waals surface area contributed by atoms with E-state index in [2.05, 4.69) is 17.2 Å². The van der Waals surface area contributed by atoms with Gasteiger partial charge in [0.05, 0.1) is 26.4 Å². The lowest BCUT2D eigenvalue weighted by Crippen LogP contribution is -2.27. The highest BCUT2D eigenvalue weighted by Gasteiger charge is 2.14. The Bertz CT molecular complexity index is 1190. The molecule has 0 saturated heterocycles. The van der Waals surface area contributed by atoms with E-state index in [-0.39, 0.29) is 5.91 Å². The highest BCUT2D eigenvalue weighted by molar-refractivity contribution is 5.94. The fourth-order valence-electron chi connectivity index (χ4n) is 2.96. The lowest BCUT2D eigenvalue weighted by Gasteiger charge is -2.14. The van der Waals surface area contributed by atoms with E-state index in [4.69, 9.17) is 14.2 Å². The van der Waals surface area contributed by atoms with Gasteiger partial charge in [0.1, 0.15) is 11.9 Å². The molecule has 3 rings (SSSR count). The maximum Gasteiger partial charge on any atom is 0.337 e. The molecule has 0 aromatic heterocycles. The first-order valence-electron chi connectivity index (χ1n) is 10.3. The summed E-state index contributed by atoms with van der Waals surface area (Å²) >= 11 is 0. The molecule has 1 N–H and O–H groups in total. The Morgan fingerprint density at radius 2 is 1.61 bits per heavy atom. The third-order valence-corrected chi connectivity index (χ3v) is 4.77. The van der Waals surface area contributed by atoms with Crippen LogP contribution in [0.5, 0.6) is 5.75 Å². The lowest BCUT2D eigenvalue weighted by atomic mass is 10.1. The molecule has 3 aromatic carbocycles. The number of methoxy groups -OCH3 is 2. The molecule has 0 aliphatic rings. The molecule has 0 bridgehead atoms. The molecule has 1 atom stereocenters. The number of anilines is 1. The summed E-state index contributed by atoms with van der Waals surface area (Å²) in [5, 5.41) is 2.85. The van der Waals surface area contributed by atoms with Crippen LogP contribution in [0.4, 0.5) is 5.69 Å². The molecule has 6 heteroatoms. The number of benzene rings is 3. The van der Waals surface area contributed by atoms with Crippen molar-refractivity contribution in [3.8, 4) is 17.6 Å². The highest BCUT2D eigenvalue weighted by atomic mass is 16.5. The summed E-state index contributed by atoms with van der Waals surface area (Å²) < 4.78 is 15.6. The topological polar surface area (TPSA) is 73.9 Å². The van der Waals surface area contributed by atoms with Crippen molar-refractivity contribution in [1.82, 2.24) is 0 Å². The fourth-order valence-corrected chi connectivity index (χ4v) is 2.96. The zero-order valence-electron chi connectivity index (χ0n) is 18.8. The maximum atomic E-state index is 12.5. The molecule has 6 nitrogen and oxygen atoms in total. The predicted molar refractivity (Wildman–Crippen MR) is 126 cm³/mol. The van der Waals surface area contributed by atoms with Crippen LogP contribution in [0.2, 0.25) is 0 Å². The van der Waals surface area contributed by atoms with Gasteiger partial charge in [-0.25, -0.2) is 4.79 Å². The molecule has 0 saturated carbocycles. The summed E-state index contributed by atoms with van der Waals surface area (Å²) in [7, 11) is 2.94. The first kappa shape index (κ1) is 23.6. The van der Waals surface area contributed by atoms with E-state index in [0.717, 1.165) is 16.9 Å². The van der Waals surface area contributed by atoms with Gasteiger partial charge in [-0.1, -0.05) is 36.1 Å². The molecule has 33 heavy (non-hydrogen) atoms. The summed E-state index contributed by atoms with van der Waals surface area (Å²) in [5.41, 5.74) is 3.39. The SMILES string of the molecule is COC(=O)c1cccc(C#Cc2cccc(NC(=O)C(C)OCc3cccc(OC)c3)c2)c1. The van der Waals surface area contributed by atoms with Crippen LogP contribution in [0, 0.1) is 11.8 Å². The van der Waals surface area contributed by atoms with Gasteiger partial charge >= 0.3 is 5.97 Å². The van der Waals surface area contributed by atoms with E-state index in [0.29, 0.717) is 23.4 Å². The van der Waals surface area contributed by atoms with Crippen LogP contribution in [0.3, 0.4) is 0 Å². The van der Waals surface area contributed by atoms with Crippen molar-refractivity contribution in [3.63, 3.8) is 0 Å². The first-order chi connectivity index (χ1) is 16.0. The summed E-state index contributed by atoms with van der Waals surface area (Å²) in [6.45, 7) is 2.00. The van der Waals surface area contributed by atoms with Crippen LogP contribution < -0.4 is 10.1 Å². The Labute approximate surface area is 193 Å². The van der Waals surface area contributed by atoms with Gasteiger partial charge in [-0.2, -0.15) is 0 Å². The van der Waals surface area contributed by atoms with E-state index in [1.165, 1.54) is 7.11 Å². The minimum Gasteiger partial charge on any atom is -0.497 e. The Morgan fingerprint density at radius 1 is 0.909 bits per heavy atom. The van der Waals surface area contributed by atoms with Crippen molar-refractivity contribution in [2.75, 3.05) is 19.5 Å². The van der Waals surface area contributed by atoms with E-state index in [9.17, 15) is 9.59 Å². The minimum atomic E-state index is -0.646. The van der Waals surface area contributed by atoms with Crippen LogP contribution in [0.1, 0.15) is 34.0 Å². The van der Waals surface area contributed by atoms with Crippen LogP contribution >= 0.6 is 0 Å². The van der Waals surface area contributed by atoms with Gasteiger partial charge in [-0.05, 0) is 61.0 Å². The number of esters is 1. The second-order valence-electron chi connectivity index (χ2n) is 7.20. The maximum absolute atomic E-state index is 12.5. The molecule has 0 radical (unpaired) electrons. The second kappa shape index (κ2) is 11.5. The number of nitrogens with one attached hydrogen (secondary N) is 1. The third kappa shape index (κ3) is 6.96. The van der Waals surface area contributed by atoms with Gasteiger partial charge in [0.15, 0.2) is 0 Å². The van der Waals surface area contributed by atoms with Crippen molar-refractivity contribution in [2.45, 2.75) is 19.6 Å². The predicted octanol–water partition coefficient (Wildman–Crippen LogP) is 4.43. The lowest BCUT2D eigenvalue weighted by molar-refractivity contribution is -0.127. The zero-order chi connectivity index (χ0) is 23.6. The Hall–Kier alpha value is -4.08. The monoisotopic (exact) mass is 443 g/mol. The van der Waals surface area contributed by atoms with Crippen LogP contribution in [-0.2, 0) is 20.9 Å². The molecule has 3 aromatic rings. The molecule has 0 aliphatic carbocycles. The Morgan fingerprint density at radius 3 is 2.33 bits per heavy atom. The minimum absolute atomic E-state index is 0.256. The average molecular weight is 443 g/mol. The Kier molecular flexibility index (Phi) is 8.23. The van der Waals surface area contributed by atoms with Gasteiger partial charge in [0.2, 0.25) is 0 Å². The molecular weight excluding hydrogens is 418 g/mol. The first-order valence-corrected chi connectivity index (χ1v) is 10.3. The van der Waals surface area contributed by atoms with Gasteiger partial charge in [-0.3, -0.25) is 4.79 Å². The molecule has 1 unspecified atom stereocenters. The van der Waals surface area contributed by atoms with Gasteiger partial charge in [0, 0.05) is 16.8 Å². The number of carbonyl (C=O) groups excluding carboxylic acids is 2. The van der Waals surface area contributed by atoms with E-state index < -0.39 is 12.1 Å². The average Bonchev–Trinajstić information content (AvgIpc) is 2.86. The Balaban J connectivity index is 1.61. The van der Waals surface area contributed by atoms with E-state index in [1.807, 2.05) is 42.5 Å². The number of hydrogen-bond donors (Lipinski definition) is 1. The highest BCUT2D eigenvalue weighted by Crippen LogP contribution is 2.15. The van der Waals surface area contributed by atoms with E-state index in [1.54, 1.807) is 44.4 Å². The van der Waals surface area contributed by atoms with Gasteiger partial charge in [0.25, 0.3) is 5.91 Å². The smallest absolute Gasteiger partial charge is 0.337 e. The molecule has 0 aliphatic heterocycles. The molecule has 1 amide bonds. The molecule has 0 spiro atoms. The van der Waals surface area contributed by atoms with Crippen LogP contribution in [0.25, 0.3) is 0 Å². The number of carbonyl (C=O) groups is 2. The summed E-state index contributed by atoms with van der Waals surface area (Å²) in [6, 6.07) is 21.6. The molecule has 0 heterocycles. The molecule has 0 fully saturated rings.